The van der Waals surface area contributed by atoms with Crippen molar-refractivity contribution in [3.05, 3.63) is 28.8 Å². The largest absolute Gasteiger partial charge is 0.398 e. The number of hydrogen-bond donors (Lipinski definition) is 2. The third-order valence-corrected chi connectivity index (χ3v) is 3.87. The van der Waals surface area contributed by atoms with Gasteiger partial charge in [-0.15, -0.1) is 0 Å². The molecule has 0 unspecified atom stereocenters. The number of nitrogens with zero attached hydrogens (tertiary/aromatic N) is 1. The Labute approximate surface area is 123 Å². The lowest BCUT2D eigenvalue weighted by molar-refractivity contribution is -0.143. The van der Waals surface area contributed by atoms with Crippen LogP contribution >= 0.6 is 0 Å². The van der Waals surface area contributed by atoms with E-state index in [1.807, 2.05) is 13.0 Å². The highest BCUT2D eigenvalue weighted by molar-refractivity contribution is 6.09. The SMILES string of the molecule is Cc1cc(C)c(C(=O)N2CC(=O)NC(=O)C2(C)C)cc1N. The number of nitrogens with one attached hydrogen (secondary N) is 1. The van der Waals surface area contributed by atoms with E-state index in [1.54, 1.807) is 26.8 Å². The summed E-state index contributed by atoms with van der Waals surface area (Å²) < 4.78 is 0. The molecule has 0 spiro atoms. The second-order valence-electron chi connectivity index (χ2n) is 5.85. The van der Waals surface area contributed by atoms with Gasteiger partial charge in [-0.05, 0) is 44.9 Å². The van der Waals surface area contributed by atoms with Gasteiger partial charge < -0.3 is 10.6 Å². The van der Waals surface area contributed by atoms with Gasteiger partial charge in [0.1, 0.15) is 12.1 Å². The molecule has 6 heteroatoms. The van der Waals surface area contributed by atoms with Gasteiger partial charge in [0, 0.05) is 11.3 Å². The van der Waals surface area contributed by atoms with Crippen LogP contribution in [-0.2, 0) is 9.59 Å². The van der Waals surface area contributed by atoms with Gasteiger partial charge in [0.2, 0.25) is 5.91 Å². The van der Waals surface area contributed by atoms with E-state index < -0.39 is 17.4 Å². The van der Waals surface area contributed by atoms with Gasteiger partial charge in [0.25, 0.3) is 11.8 Å². The highest BCUT2D eigenvalue weighted by atomic mass is 16.2. The number of imide groups is 1. The molecular formula is C15H19N3O3. The lowest BCUT2D eigenvalue weighted by Crippen LogP contribution is -2.65. The molecule has 3 N–H and O–H groups in total. The van der Waals surface area contributed by atoms with E-state index in [4.69, 9.17) is 5.73 Å². The average molecular weight is 289 g/mol. The number of nitrogen functional groups attached to an aromatic ring is 1. The summed E-state index contributed by atoms with van der Waals surface area (Å²) in [4.78, 5) is 37.5. The van der Waals surface area contributed by atoms with Gasteiger partial charge in [-0.25, -0.2) is 0 Å². The Kier molecular flexibility index (Phi) is 3.49. The van der Waals surface area contributed by atoms with Crippen molar-refractivity contribution in [1.29, 1.82) is 0 Å². The van der Waals surface area contributed by atoms with Gasteiger partial charge in [0.05, 0.1) is 0 Å². The first-order valence-electron chi connectivity index (χ1n) is 6.67. The molecule has 0 bridgehead atoms. The number of nitrogens with two attached hydrogens (primary N) is 1. The zero-order valence-electron chi connectivity index (χ0n) is 12.6. The van der Waals surface area contributed by atoms with E-state index in [2.05, 4.69) is 5.32 Å². The standard InChI is InChI=1S/C15H19N3O3/c1-8-5-9(2)11(16)6-10(8)13(20)18-7-12(19)17-14(21)15(18,3)4/h5-6H,7,16H2,1-4H3,(H,17,19,21). The third kappa shape index (κ3) is 2.49. The van der Waals surface area contributed by atoms with Crippen molar-refractivity contribution in [2.75, 3.05) is 12.3 Å². The molecule has 3 amide bonds. The predicted octanol–water partition coefficient (Wildman–Crippen LogP) is 0.763. The van der Waals surface area contributed by atoms with Crippen LogP contribution in [0.15, 0.2) is 12.1 Å². The average Bonchev–Trinajstić information content (AvgIpc) is 2.37. The Bertz CT molecular complexity index is 650. The highest BCUT2D eigenvalue weighted by Crippen LogP contribution is 2.25. The van der Waals surface area contributed by atoms with Gasteiger partial charge in [-0.3, -0.25) is 19.7 Å². The second kappa shape index (κ2) is 4.87. The van der Waals surface area contributed by atoms with E-state index in [9.17, 15) is 14.4 Å². The fourth-order valence-electron chi connectivity index (χ4n) is 2.35. The summed E-state index contributed by atoms with van der Waals surface area (Å²) in [5.41, 5.74) is 7.35. The molecule has 6 nitrogen and oxygen atoms in total. The zero-order valence-corrected chi connectivity index (χ0v) is 12.6. The number of amides is 3. The predicted molar refractivity (Wildman–Crippen MR) is 78.6 cm³/mol. The van der Waals surface area contributed by atoms with Crippen LogP contribution in [0.1, 0.15) is 35.3 Å². The van der Waals surface area contributed by atoms with E-state index in [0.717, 1.165) is 11.1 Å². The molecule has 0 saturated carbocycles. The molecule has 1 saturated heterocycles. The smallest absolute Gasteiger partial charge is 0.255 e. The maximum atomic E-state index is 12.7. The minimum Gasteiger partial charge on any atom is -0.398 e. The zero-order chi connectivity index (χ0) is 15.9. The van der Waals surface area contributed by atoms with Crippen molar-refractivity contribution in [3.63, 3.8) is 0 Å². The highest BCUT2D eigenvalue weighted by Gasteiger charge is 2.44. The lowest BCUT2D eigenvalue weighted by Gasteiger charge is -2.40. The monoisotopic (exact) mass is 289 g/mol. The summed E-state index contributed by atoms with van der Waals surface area (Å²) >= 11 is 0. The molecule has 1 aromatic carbocycles. The molecule has 1 heterocycles. The number of hydrogen-bond acceptors (Lipinski definition) is 4. The van der Waals surface area contributed by atoms with E-state index in [1.165, 1.54) is 4.90 Å². The Morgan fingerprint density at radius 1 is 1.24 bits per heavy atom. The van der Waals surface area contributed by atoms with Gasteiger partial charge in [0.15, 0.2) is 0 Å². The van der Waals surface area contributed by atoms with Crippen molar-refractivity contribution >= 4 is 23.4 Å². The molecule has 1 fully saturated rings. The summed E-state index contributed by atoms with van der Waals surface area (Å²) in [7, 11) is 0. The molecule has 0 aliphatic carbocycles. The summed E-state index contributed by atoms with van der Waals surface area (Å²) in [6.45, 7) is 6.74. The number of carbonyl (C=O) groups is 3. The van der Waals surface area contributed by atoms with Gasteiger partial charge in [-0.1, -0.05) is 6.07 Å². The molecule has 0 atom stereocenters. The number of aryl methyl sites for hydroxylation is 2. The van der Waals surface area contributed by atoms with Crippen LogP contribution in [0.3, 0.4) is 0 Å². The molecule has 1 aliphatic heterocycles. The third-order valence-electron chi connectivity index (χ3n) is 3.87. The number of carbonyl (C=O) groups excluding carboxylic acids is 3. The van der Waals surface area contributed by atoms with E-state index in [0.29, 0.717) is 11.3 Å². The number of benzene rings is 1. The first-order valence-corrected chi connectivity index (χ1v) is 6.67. The molecule has 112 valence electrons. The Balaban J connectivity index is 2.46. The van der Waals surface area contributed by atoms with E-state index >= 15 is 0 Å². The molecule has 1 aliphatic rings. The van der Waals surface area contributed by atoms with Crippen molar-refractivity contribution in [2.45, 2.75) is 33.2 Å². The van der Waals surface area contributed by atoms with Crippen molar-refractivity contribution < 1.29 is 14.4 Å². The summed E-state index contributed by atoms with van der Waals surface area (Å²) in [6.07, 6.45) is 0. The molecular weight excluding hydrogens is 270 g/mol. The van der Waals surface area contributed by atoms with Crippen molar-refractivity contribution in [2.24, 2.45) is 0 Å². The minimum atomic E-state index is -1.09. The molecule has 21 heavy (non-hydrogen) atoms. The van der Waals surface area contributed by atoms with E-state index in [-0.39, 0.29) is 12.5 Å². The first kappa shape index (κ1) is 15.0. The van der Waals surface area contributed by atoms with Gasteiger partial charge in [-0.2, -0.15) is 0 Å². The normalized spacial score (nSPS) is 17.6. The van der Waals surface area contributed by atoms with Crippen molar-refractivity contribution in [3.8, 4) is 0 Å². The Hall–Kier alpha value is -2.37. The fraction of sp³-hybridized carbons (Fsp3) is 0.400. The van der Waals surface area contributed by atoms with Crippen molar-refractivity contribution in [1.82, 2.24) is 10.2 Å². The lowest BCUT2D eigenvalue weighted by atomic mass is 9.95. The summed E-state index contributed by atoms with van der Waals surface area (Å²) in [5, 5.41) is 2.24. The Morgan fingerprint density at radius 3 is 2.48 bits per heavy atom. The maximum absolute atomic E-state index is 12.7. The van der Waals surface area contributed by atoms with Crippen LogP contribution in [0.2, 0.25) is 0 Å². The molecule has 0 aromatic heterocycles. The quantitative estimate of drug-likeness (QED) is 0.590. The number of anilines is 1. The fourth-order valence-corrected chi connectivity index (χ4v) is 2.35. The topological polar surface area (TPSA) is 92.5 Å². The summed E-state index contributed by atoms with van der Waals surface area (Å²) in [5.74, 6) is -1.33. The van der Waals surface area contributed by atoms with Crippen LogP contribution in [0, 0.1) is 13.8 Å². The number of rotatable bonds is 1. The Morgan fingerprint density at radius 2 is 1.86 bits per heavy atom. The van der Waals surface area contributed by atoms with Crippen LogP contribution in [0.4, 0.5) is 5.69 Å². The maximum Gasteiger partial charge on any atom is 0.255 e. The summed E-state index contributed by atoms with van der Waals surface area (Å²) in [6, 6.07) is 3.42. The molecule has 1 aromatic rings. The van der Waals surface area contributed by atoms with Crippen LogP contribution < -0.4 is 11.1 Å². The minimum absolute atomic E-state index is 0.148. The van der Waals surface area contributed by atoms with Crippen LogP contribution in [0.5, 0.6) is 0 Å². The molecule has 0 radical (unpaired) electrons. The van der Waals surface area contributed by atoms with Crippen LogP contribution in [-0.4, -0.2) is 34.7 Å². The molecule has 2 rings (SSSR count). The second-order valence-corrected chi connectivity index (χ2v) is 5.85. The van der Waals surface area contributed by atoms with Gasteiger partial charge >= 0.3 is 0 Å². The number of piperazine rings is 1. The first-order chi connectivity index (χ1) is 9.64. The van der Waals surface area contributed by atoms with Crippen LogP contribution in [0.25, 0.3) is 0 Å².